The molecule has 0 aliphatic heterocycles. The minimum atomic E-state index is -0.918. The molecule has 0 aromatic heterocycles. The predicted molar refractivity (Wildman–Crippen MR) is 72.0 cm³/mol. The zero-order valence-electron chi connectivity index (χ0n) is 11.6. The fourth-order valence-corrected chi connectivity index (χ4v) is 1.52. The van der Waals surface area contributed by atoms with Crippen LogP contribution in [0.3, 0.4) is 0 Å². The van der Waals surface area contributed by atoms with Crippen LogP contribution in [0.4, 0.5) is 0 Å². The monoisotopic (exact) mass is 267 g/mol. The van der Waals surface area contributed by atoms with Gasteiger partial charge in [-0.2, -0.15) is 0 Å². The highest BCUT2D eigenvalue weighted by Gasteiger charge is 2.34. The van der Waals surface area contributed by atoms with Gasteiger partial charge in [0.1, 0.15) is 17.9 Å². The smallest absolute Gasteiger partial charge is 0.329 e. The van der Waals surface area contributed by atoms with Gasteiger partial charge in [0, 0.05) is 5.56 Å². The van der Waals surface area contributed by atoms with Crippen molar-refractivity contribution < 1.29 is 19.4 Å². The van der Waals surface area contributed by atoms with Crippen molar-refractivity contribution in [2.24, 2.45) is 0 Å². The first-order valence-corrected chi connectivity index (χ1v) is 6.25. The minimum Gasteiger partial charge on any atom is -0.491 e. The van der Waals surface area contributed by atoms with Gasteiger partial charge in [-0.3, -0.25) is 0 Å². The van der Waals surface area contributed by atoms with Crippen LogP contribution in [0.1, 0.15) is 19.4 Å². The standard InChI is InChI=1S/C14H21NO4/c1-4-18-13(17)14(2,15-3)10-19-12-8-6-5-7-11(12)9-16/h5-8,15-16H,4,9-10H2,1-3H3. The first kappa shape index (κ1) is 15.5. The quantitative estimate of drug-likeness (QED) is 0.724. The summed E-state index contributed by atoms with van der Waals surface area (Å²) >= 11 is 0. The number of hydrogen-bond acceptors (Lipinski definition) is 5. The first-order valence-electron chi connectivity index (χ1n) is 6.25. The van der Waals surface area contributed by atoms with E-state index >= 15 is 0 Å². The summed E-state index contributed by atoms with van der Waals surface area (Å²) in [5.41, 5.74) is -0.233. The van der Waals surface area contributed by atoms with Crippen molar-refractivity contribution in [2.45, 2.75) is 26.0 Å². The van der Waals surface area contributed by atoms with E-state index in [1.54, 1.807) is 33.0 Å². The summed E-state index contributed by atoms with van der Waals surface area (Å²) in [6.07, 6.45) is 0. The zero-order valence-corrected chi connectivity index (χ0v) is 11.6. The third kappa shape index (κ3) is 3.94. The molecular formula is C14H21NO4. The molecule has 5 nitrogen and oxygen atoms in total. The van der Waals surface area contributed by atoms with Gasteiger partial charge in [-0.15, -0.1) is 0 Å². The third-order valence-corrected chi connectivity index (χ3v) is 2.94. The molecule has 0 saturated heterocycles. The van der Waals surface area contributed by atoms with Crippen LogP contribution in [0, 0.1) is 0 Å². The largest absolute Gasteiger partial charge is 0.491 e. The lowest BCUT2D eigenvalue weighted by atomic mass is 10.0. The maximum atomic E-state index is 11.9. The second-order valence-electron chi connectivity index (χ2n) is 4.36. The maximum absolute atomic E-state index is 11.9. The van der Waals surface area contributed by atoms with Crippen molar-refractivity contribution in [3.63, 3.8) is 0 Å². The average molecular weight is 267 g/mol. The van der Waals surface area contributed by atoms with Gasteiger partial charge in [-0.25, -0.2) is 4.79 Å². The molecule has 0 bridgehead atoms. The maximum Gasteiger partial charge on any atom is 0.329 e. The van der Waals surface area contributed by atoms with Crippen LogP contribution in [-0.2, 0) is 16.1 Å². The number of para-hydroxylation sites is 1. The Morgan fingerprint density at radius 1 is 1.42 bits per heavy atom. The van der Waals surface area contributed by atoms with Gasteiger partial charge in [0.05, 0.1) is 13.2 Å². The van der Waals surface area contributed by atoms with Gasteiger partial charge in [0.2, 0.25) is 0 Å². The number of likely N-dealkylation sites (N-methyl/N-ethyl adjacent to an activating group) is 1. The van der Waals surface area contributed by atoms with Crippen LogP contribution in [0.2, 0.25) is 0 Å². The van der Waals surface area contributed by atoms with Crippen LogP contribution in [0.5, 0.6) is 5.75 Å². The fourth-order valence-electron chi connectivity index (χ4n) is 1.52. The van der Waals surface area contributed by atoms with Gasteiger partial charge in [0.25, 0.3) is 0 Å². The SMILES string of the molecule is CCOC(=O)C(C)(COc1ccccc1CO)NC. The topological polar surface area (TPSA) is 67.8 Å². The molecule has 19 heavy (non-hydrogen) atoms. The molecule has 1 rings (SSSR count). The Labute approximate surface area is 113 Å². The molecule has 0 radical (unpaired) electrons. The molecule has 1 aromatic rings. The van der Waals surface area contributed by atoms with Gasteiger partial charge < -0.3 is 19.9 Å². The molecule has 0 heterocycles. The van der Waals surface area contributed by atoms with Crippen LogP contribution < -0.4 is 10.1 Å². The van der Waals surface area contributed by atoms with Crippen LogP contribution in [-0.4, -0.2) is 36.9 Å². The molecule has 0 aliphatic rings. The van der Waals surface area contributed by atoms with Crippen molar-refractivity contribution in [1.29, 1.82) is 0 Å². The van der Waals surface area contributed by atoms with Crippen LogP contribution in [0.25, 0.3) is 0 Å². The second-order valence-corrected chi connectivity index (χ2v) is 4.36. The summed E-state index contributed by atoms with van der Waals surface area (Å²) in [5, 5.41) is 12.1. The molecule has 1 unspecified atom stereocenters. The van der Waals surface area contributed by atoms with E-state index in [1.807, 2.05) is 12.1 Å². The van der Waals surface area contributed by atoms with E-state index in [-0.39, 0.29) is 19.2 Å². The number of aliphatic hydroxyl groups is 1. The Balaban J connectivity index is 2.74. The average Bonchev–Trinajstić information content (AvgIpc) is 2.45. The normalized spacial score (nSPS) is 13.7. The second kappa shape index (κ2) is 7.11. The summed E-state index contributed by atoms with van der Waals surface area (Å²) in [7, 11) is 1.68. The van der Waals surface area contributed by atoms with E-state index in [2.05, 4.69) is 5.32 Å². The third-order valence-electron chi connectivity index (χ3n) is 2.94. The molecule has 0 spiro atoms. The number of rotatable bonds is 7. The summed E-state index contributed by atoms with van der Waals surface area (Å²) in [5.74, 6) is 0.203. The number of ether oxygens (including phenoxy) is 2. The fraction of sp³-hybridized carbons (Fsp3) is 0.500. The number of carbonyl (C=O) groups excluding carboxylic acids is 1. The highest BCUT2D eigenvalue weighted by atomic mass is 16.5. The Morgan fingerprint density at radius 3 is 2.68 bits per heavy atom. The van der Waals surface area contributed by atoms with E-state index in [9.17, 15) is 9.90 Å². The Morgan fingerprint density at radius 2 is 2.11 bits per heavy atom. The van der Waals surface area contributed by atoms with E-state index in [0.717, 1.165) is 0 Å². The van der Waals surface area contributed by atoms with E-state index < -0.39 is 5.54 Å². The number of esters is 1. The molecule has 0 aliphatic carbocycles. The number of nitrogens with one attached hydrogen (secondary N) is 1. The first-order chi connectivity index (χ1) is 9.07. The minimum absolute atomic E-state index is 0.105. The van der Waals surface area contributed by atoms with Gasteiger partial charge in [0.15, 0.2) is 0 Å². The van der Waals surface area contributed by atoms with E-state index in [1.165, 1.54) is 0 Å². The van der Waals surface area contributed by atoms with Crippen LogP contribution in [0.15, 0.2) is 24.3 Å². The van der Waals surface area contributed by atoms with Crippen LogP contribution >= 0.6 is 0 Å². The lowest BCUT2D eigenvalue weighted by molar-refractivity contribution is -0.151. The summed E-state index contributed by atoms with van der Waals surface area (Å²) in [6, 6.07) is 7.17. The molecule has 0 saturated carbocycles. The summed E-state index contributed by atoms with van der Waals surface area (Å²) in [6.45, 7) is 3.82. The van der Waals surface area contributed by atoms with Gasteiger partial charge >= 0.3 is 5.97 Å². The molecule has 0 fully saturated rings. The highest BCUT2D eigenvalue weighted by Crippen LogP contribution is 2.19. The highest BCUT2D eigenvalue weighted by molar-refractivity contribution is 5.80. The Bertz CT molecular complexity index is 422. The lowest BCUT2D eigenvalue weighted by Crippen LogP contribution is -2.53. The van der Waals surface area contributed by atoms with Crippen molar-refractivity contribution >= 4 is 5.97 Å². The molecule has 0 amide bonds. The van der Waals surface area contributed by atoms with Crippen molar-refractivity contribution in [3.8, 4) is 5.75 Å². The molecule has 2 N–H and O–H groups in total. The summed E-state index contributed by atoms with van der Waals surface area (Å²) in [4.78, 5) is 11.9. The molecular weight excluding hydrogens is 246 g/mol. The van der Waals surface area contributed by atoms with E-state index in [0.29, 0.717) is 17.9 Å². The molecule has 1 aromatic carbocycles. The van der Waals surface area contributed by atoms with Crippen molar-refractivity contribution in [2.75, 3.05) is 20.3 Å². The molecule has 106 valence electrons. The lowest BCUT2D eigenvalue weighted by Gasteiger charge is -2.27. The number of benzene rings is 1. The van der Waals surface area contributed by atoms with E-state index in [4.69, 9.17) is 9.47 Å². The summed E-state index contributed by atoms with van der Waals surface area (Å²) < 4.78 is 10.6. The number of hydrogen-bond donors (Lipinski definition) is 2. The van der Waals surface area contributed by atoms with Gasteiger partial charge in [-0.1, -0.05) is 18.2 Å². The van der Waals surface area contributed by atoms with Crippen molar-refractivity contribution in [3.05, 3.63) is 29.8 Å². The molecule has 5 heteroatoms. The zero-order chi connectivity index (χ0) is 14.3. The van der Waals surface area contributed by atoms with Gasteiger partial charge in [-0.05, 0) is 27.0 Å². The Kier molecular flexibility index (Phi) is 5.79. The Hall–Kier alpha value is -1.59. The number of carbonyl (C=O) groups is 1. The number of aliphatic hydroxyl groups excluding tert-OH is 1. The van der Waals surface area contributed by atoms with Crippen molar-refractivity contribution in [1.82, 2.24) is 5.32 Å². The molecule has 1 atom stereocenters. The predicted octanol–water partition coefficient (Wildman–Crippen LogP) is 1.10.